The minimum absolute atomic E-state index is 0.0392. The molecule has 0 aromatic heterocycles. The Hall–Kier alpha value is -1.10. The van der Waals surface area contributed by atoms with Gasteiger partial charge in [0.2, 0.25) is 11.8 Å². The van der Waals surface area contributed by atoms with Gasteiger partial charge in [-0.3, -0.25) is 9.59 Å². The van der Waals surface area contributed by atoms with E-state index in [0.717, 1.165) is 38.5 Å². The van der Waals surface area contributed by atoms with Gasteiger partial charge in [-0.15, -0.1) is 0 Å². The van der Waals surface area contributed by atoms with Crippen molar-refractivity contribution in [1.29, 1.82) is 0 Å². The monoisotopic (exact) mass is 295 g/mol. The van der Waals surface area contributed by atoms with Crippen LogP contribution in [0.1, 0.15) is 58.3 Å². The molecule has 2 aliphatic carbocycles. The fourth-order valence-electron chi connectivity index (χ4n) is 3.43. The molecule has 5 heteroatoms. The first kappa shape index (κ1) is 16.3. The van der Waals surface area contributed by atoms with E-state index in [1.165, 1.54) is 12.8 Å². The zero-order valence-corrected chi connectivity index (χ0v) is 13.1. The van der Waals surface area contributed by atoms with Crippen molar-refractivity contribution in [1.82, 2.24) is 10.6 Å². The summed E-state index contributed by atoms with van der Waals surface area (Å²) in [6.45, 7) is 2.39. The zero-order chi connectivity index (χ0) is 15.2. The van der Waals surface area contributed by atoms with Crippen LogP contribution in [0, 0.1) is 11.8 Å². The molecule has 2 aliphatic rings. The zero-order valence-electron chi connectivity index (χ0n) is 13.1. The van der Waals surface area contributed by atoms with Gasteiger partial charge in [0.25, 0.3) is 0 Å². The Bertz CT molecular complexity index is 359. The van der Waals surface area contributed by atoms with Crippen LogP contribution in [0.5, 0.6) is 0 Å². The first-order valence-electron chi connectivity index (χ1n) is 8.41. The molecule has 0 spiro atoms. The number of amides is 2. The van der Waals surface area contributed by atoms with Gasteiger partial charge in [-0.05, 0) is 45.4 Å². The van der Waals surface area contributed by atoms with E-state index in [1.54, 1.807) is 0 Å². The van der Waals surface area contributed by atoms with Crippen molar-refractivity contribution in [3.63, 3.8) is 0 Å². The van der Waals surface area contributed by atoms with Crippen LogP contribution in [0.25, 0.3) is 0 Å². The first-order chi connectivity index (χ1) is 10.1. The van der Waals surface area contributed by atoms with Crippen molar-refractivity contribution in [2.24, 2.45) is 17.6 Å². The van der Waals surface area contributed by atoms with Crippen LogP contribution in [0.2, 0.25) is 0 Å². The van der Waals surface area contributed by atoms with Crippen LogP contribution in [-0.4, -0.2) is 30.4 Å². The Morgan fingerprint density at radius 2 is 1.57 bits per heavy atom. The van der Waals surface area contributed by atoms with Gasteiger partial charge in [0, 0.05) is 30.5 Å². The SMILES string of the molecule is C[C@@H](CN)NC(=O)C1CCC(NC(=O)C2CCCC2)CC1. The highest BCUT2D eigenvalue weighted by molar-refractivity contribution is 5.80. The van der Waals surface area contributed by atoms with Gasteiger partial charge in [-0.2, -0.15) is 0 Å². The molecular weight excluding hydrogens is 266 g/mol. The minimum atomic E-state index is 0.0392. The Morgan fingerprint density at radius 3 is 2.14 bits per heavy atom. The van der Waals surface area contributed by atoms with Crippen LogP contribution in [0.4, 0.5) is 0 Å². The van der Waals surface area contributed by atoms with E-state index in [0.29, 0.717) is 6.54 Å². The maximum absolute atomic E-state index is 12.1. The van der Waals surface area contributed by atoms with E-state index in [9.17, 15) is 9.59 Å². The van der Waals surface area contributed by atoms with Crippen LogP contribution >= 0.6 is 0 Å². The van der Waals surface area contributed by atoms with Crippen LogP contribution in [-0.2, 0) is 9.59 Å². The summed E-state index contributed by atoms with van der Waals surface area (Å²) < 4.78 is 0. The number of nitrogens with two attached hydrogens (primary N) is 1. The summed E-state index contributed by atoms with van der Waals surface area (Å²) in [4.78, 5) is 24.2. The van der Waals surface area contributed by atoms with Gasteiger partial charge in [0.05, 0.1) is 0 Å². The Morgan fingerprint density at radius 1 is 1.00 bits per heavy atom. The van der Waals surface area contributed by atoms with E-state index in [-0.39, 0.29) is 35.7 Å². The van der Waals surface area contributed by atoms with Crippen molar-refractivity contribution in [2.45, 2.75) is 70.4 Å². The highest BCUT2D eigenvalue weighted by Gasteiger charge is 2.29. The minimum Gasteiger partial charge on any atom is -0.353 e. The normalized spacial score (nSPS) is 28.1. The second kappa shape index (κ2) is 7.78. The fourth-order valence-corrected chi connectivity index (χ4v) is 3.43. The third kappa shape index (κ3) is 4.70. The summed E-state index contributed by atoms with van der Waals surface area (Å²) in [6, 6.07) is 0.298. The van der Waals surface area contributed by atoms with Crippen LogP contribution in [0.3, 0.4) is 0 Å². The van der Waals surface area contributed by atoms with Gasteiger partial charge >= 0.3 is 0 Å². The average Bonchev–Trinajstić information content (AvgIpc) is 3.02. The molecule has 2 saturated carbocycles. The van der Waals surface area contributed by atoms with Crippen molar-refractivity contribution in [3.05, 3.63) is 0 Å². The molecule has 0 saturated heterocycles. The standard InChI is InChI=1S/C16H29N3O2/c1-11(10-17)18-15(20)13-6-8-14(9-7-13)19-16(21)12-4-2-3-5-12/h11-14H,2-10,17H2,1H3,(H,18,20)(H,19,21)/t11-,13?,14?/m0/s1. The number of hydrogen-bond donors (Lipinski definition) is 3. The van der Waals surface area contributed by atoms with E-state index in [2.05, 4.69) is 10.6 Å². The molecule has 2 fully saturated rings. The van der Waals surface area contributed by atoms with E-state index in [1.807, 2.05) is 6.92 Å². The summed E-state index contributed by atoms with van der Waals surface area (Å²) in [5, 5.41) is 6.13. The molecule has 0 aromatic rings. The molecule has 0 radical (unpaired) electrons. The molecule has 2 amide bonds. The van der Waals surface area contributed by atoms with Crippen LogP contribution in [0.15, 0.2) is 0 Å². The second-order valence-corrected chi connectivity index (χ2v) is 6.68. The lowest BCUT2D eigenvalue weighted by atomic mass is 9.85. The third-order valence-corrected chi connectivity index (χ3v) is 4.91. The summed E-state index contributed by atoms with van der Waals surface area (Å²) in [6.07, 6.45) is 7.99. The quantitative estimate of drug-likeness (QED) is 0.715. The van der Waals surface area contributed by atoms with E-state index >= 15 is 0 Å². The van der Waals surface area contributed by atoms with Gasteiger partial charge in [-0.1, -0.05) is 12.8 Å². The third-order valence-electron chi connectivity index (χ3n) is 4.91. The van der Waals surface area contributed by atoms with Crippen molar-refractivity contribution >= 4 is 11.8 Å². The Balaban J connectivity index is 1.70. The molecule has 5 nitrogen and oxygen atoms in total. The number of carbonyl (C=O) groups excluding carboxylic acids is 2. The van der Waals surface area contributed by atoms with Crippen molar-refractivity contribution < 1.29 is 9.59 Å². The largest absolute Gasteiger partial charge is 0.353 e. The van der Waals surface area contributed by atoms with Gasteiger partial charge in [0.1, 0.15) is 0 Å². The molecule has 0 bridgehead atoms. The first-order valence-corrected chi connectivity index (χ1v) is 8.41. The fraction of sp³-hybridized carbons (Fsp3) is 0.875. The maximum atomic E-state index is 12.1. The highest BCUT2D eigenvalue weighted by Crippen LogP contribution is 2.27. The molecule has 120 valence electrons. The van der Waals surface area contributed by atoms with Gasteiger partial charge < -0.3 is 16.4 Å². The molecule has 21 heavy (non-hydrogen) atoms. The predicted molar refractivity (Wildman–Crippen MR) is 82.5 cm³/mol. The lowest BCUT2D eigenvalue weighted by Gasteiger charge is -2.29. The number of hydrogen-bond acceptors (Lipinski definition) is 3. The molecule has 2 rings (SSSR count). The number of carbonyl (C=O) groups is 2. The summed E-state index contributed by atoms with van der Waals surface area (Å²) in [5.74, 6) is 0.667. The maximum Gasteiger partial charge on any atom is 0.223 e. The van der Waals surface area contributed by atoms with Crippen molar-refractivity contribution in [2.75, 3.05) is 6.54 Å². The lowest BCUT2D eigenvalue weighted by molar-refractivity contribution is -0.127. The molecule has 0 aromatic carbocycles. The van der Waals surface area contributed by atoms with Crippen LogP contribution < -0.4 is 16.4 Å². The second-order valence-electron chi connectivity index (χ2n) is 6.68. The smallest absolute Gasteiger partial charge is 0.223 e. The summed E-state index contributed by atoms with van der Waals surface area (Å²) in [5.41, 5.74) is 5.52. The average molecular weight is 295 g/mol. The van der Waals surface area contributed by atoms with E-state index in [4.69, 9.17) is 5.73 Å². The summed E-state index contributed by atoms with van der Waals surface area (Å²) in [7, 11) is 0. The summed E-state index contributed by atoms with van der Waals surface area (Å²) >= 11 is 0. The van der Waals surface area contributed by atoms with Crippen molar-refractivity contribution in [3.8, 4) is 0 Å². The van der Waals surface area contributed by atoms with Gasteiger partial charge in [-0.25, -0.2) is 0 Å². The number of nitrogens with one attached hydrogen (secondary N) is 2. The molecule has 0 heterocycles. The topological polar surface area (TPSA) is 84.2 Å². The van der Waals surface area contributed by atoms with Gasteiger partial charge in [0.15, 0.2) is 0 Å². The molecule has 0 aliphatic heterocycles. The predicted octanol–water partition coefficient (Wildman–Crippen LogP) is 1.31. The molecule has 1 atom stereocenters. The Labute approximate surface area is 127 Å². The number of rotatable bonds is 5. The van der Waals surface area contributed by atoms with E-state index < -0.39 is 0 Å². The Kier molecular flexibility index (Phi) is 6.03. The lowest BCUT2D eigenvalue weighted by Crippen LogP contribution is -2.45. The molecular formula is C16H29N3O2. The highest BCUT2D eigenvalue weighted by atomic mass is 16.2. The molecule has 0 unspecified atom stereocenters. The molecule has 4 N–H and O–H groups in total.